The van der Waals surface area contributed by atoms with E-state index in [1.54, 1.807) is 13.2 Å². The Bertz CT molecular complexity index is 1000. The Labute approximate surface area is 187 Å². The molecule has 0 aliphatic heterocycles. The van der Waals surface area contributed by atoms with Gasteiger partial charge in [0.25, 0.3) is 11.1 Å². The second kappa shape index (κ2) is 11.5. The van der Waals surface area contributed by atoms with Crippen LogP contribution in [0.3, 0.4) is 0 Å². The summed E-state index contributed by atoms with van der Waals surface area (Å²) in [6, 6.07) is 13.3. The molecule has 31 heavy (non-hydrogen) atoms. The number of unbranched alkanes of at least 4 members (excludes halogenated alkanes) is 3. The van der Waals surface area contributed by atoms with Gasteiger partial charge in [0.1, 0.15) is 11.5 Å². The van der Waals surface area contributed by atoms with Gasteiger partial charge >= 0.3 is 0 Å². The van der Waals surface area contributed by atoms with Crippen LogP contribution in [-0.2, 0) is 6.42 Å². The largest absolute Gasteiger partial charge is 0.497 e. The summed E-state index contributed by atoms with van der Waals surface area (Å²) in [5, 5.41) is 3.44. The Morgan fingerprint density at radius 2 is 2.00 bits per heavy atom. The minimum absolute atomic E-state index is 0.0858. The molecule has 3 aromatic rings. The number of nitrogens with one attached hydrogen (secondary N) is 1. The quantitative estimate of drug-likeness (QED) is 0.397. The molecule has 7 heteroatoms. The third-order valence-corrected chi connectivity index (χ3v) is 5.54. The minimum Gasteiger partial charge on any atom is -0.497 e. The first kappa shape index (κ1) is 22.7. The third kappa shape index (κ3) is 6.79. The Balaban J connectivity index is 1.62. The topological polar surface area (TPSA) is 73.3 Å². The number of amides is 1. The number of aromatic nitrogens is 2. The molecule has 0 saturated heterocycles. The fourth-order valence-corrected chi connectivity index (χ4v) is 3.68. The molecule has 1 aromatic heterocycles. The minimum atomic E-state index is -0.0858. The van der Waals surface area contributed by atoms with Gasteiger partial charge in [-0.15, -0.1) is 0 Å². The van der Waals surface area contributed by atoms with E-state index in [-0.39, 0.29) is 5.91 Å². The van der Waals surface area contributed by atoms with E-state index < -0.39 is 0 Å². The number of ether oxygens (including phenoxy) is 2. The average molecular weight is 440 g/mol. The van der Waals surface area contributed by atoms with E-state index in [1.165, 1.54) is 24.4 Å². The van der Waals surface area contributed by atoms with Crippen LogP contribution in [0.4, 0.5) is 0 Å². The maximum absolute atomic E-state index is 12.5. The lowest BCUT2D eigenvalue weighted by atomic mass is 10.1. The highest BCUT2D eigenvalue weighted by Crippen LogP contribution is 2.28. The number of hydrogen-bond acceptors (Lipinski definition) is 6. The Morgan fingerprint density at radius 1 is 1.13 bits per heavy atom. The van der Waals surface area contributed by atoms with Crippen molar-refractivity contribution in [3.05, 3.63) is 65.0 Å². The smallest absolute Gasteiger partial charge is 0.298 e. The van der Waals surface area contributed by atoms with Crippen LogP contribution in [0.1, 0.15) is 59.9 Å². The van der Waals surface area contributed by atoms with Gasteiger partial charge in [-0.2, -0.15) is 9.36 Å². The Kier molecular flexibility index (Phi) is 8.41. The normalized spacial score (nSPS) is 10.7. The maximum Gasteiger partial charge on any atom is 0.298 e. The molecule has 1 N–H and O–H groups in total. The fourth-order valence-electron chi connectivity index (χ4n) is 3.12. The maximum atomic E-state index is 12.5. The van der Waals surface area contributed by atoms with Crippen molar-refractivity contribution < 1.29 is 14.3 Å². The first-order valence-electron chi connectivity index (χ1n) is 10.6. The highest BCUT2D eigenvalue weighted by Gasteiger charge is 2.12. The van der Waals surface area contributed by atoms with Gasteiger partial charge < -0.3 is 14.8 Å². The van der Waals surface area contributed by atoms with Crippen molar-refractivity contribution in [3.8, 4) is 16.7 Å². The van der Waals surface area contributed by atoms with Crippen LogP contribution < -0.4 is 14.8 Å². The second-order valence-corrected chi connectivity index (χ2v) is 8.12. The highest BCUT2D eigenvalue weighted by atomic mass is 32.1. The predicted molar refractivity (Wildman–Crippen MR) is 123 cm³/mol. The van der Waals surface area contributed by atoms with Gasteiger partial charge in [-0.05, 0) is 48.7 Å². The molecule has 3 rings (SSSR count). The van der Waals surface area contributed by atoms with E-state index in [0.717, 1.165) is 29.7 Å². The summed E-state index contributed by atoms with van der Waals surface area (Å²) < 4.78 is 15.6. The summed E-state index contributed by atoms with van der Waals surface area (Å²) in [4.78, 5) is 16.9. The molecule has 0 fully saturated rings. The lowest BCUT2D eigenvalue weighted by Crippen LogP contribution is -2.24. The van der Waals surface area contributed by atoms with E-state index in [1.807, 2.05) is 43.3 Å². The molecular formula is C24H29N3O3S. The summed E-state index contributed by atoms with van der Waals surface area (Å²) in [7, 11) is 1.65. The zero-order valence-electron chi connectivity index (χ0n) is 18.3. The summed E-state index contributed by atoms with van der Waals surface area (Å²) >= 11 is 1.20. The van der Waals surface area contributed by atoms with Crippen LogP contribution in [0.5, 0.6) is 16.7 Å². The first-order valence-corrected chi connectivity index (χ1v) is 11.4. The SMILES string of the molecule is CCCCCCNC(=O)c1ccc(C)c(Oc2nc(Cc3cccc(OC)c3)ns2)c1. The Hall–Kier alpha value is -2.93. The van der Waals surface area contributed by atoms with Crippen molar-refractivity contribution in [3.63, 3.8) is 0 Å². The molecule has 0 atom stereocenters. The number of carbonyl (C=O) groups is 1. The number of aryl methyl sites for hydroxylation is 1. The van der Waals surface area contributed by atoms with E-state index in [9.17, 15) is 4.79 Å². The fraction of sp³-hybridized carbons (Fsp3) is 0.375. The number of rotatable bonds is 11. The lowest BCUT2D eigenvalue weighted by Gasteiger charge is -2.09. The van der Waals surface area contributed by atoms with E-state index in [4.69, 9.17) is 9.47 Å². The summed E-state index contributed by atoms with van der Waals surface area (Å²) in [6.07, 6.45) is 5.10. The Morgan fingerprint density at radius 3 is 2.81 bits per heavy atom. The summed E-state index contributed by atoms with van der Waals surface area (Å²) in [5.41, 5.74) is 2.58. The van der Waals surface area contributed by atoms with Crippen LogP contribution in [0.2, 0.25) is 0 Å². The third-order valence-electron chi connectivity index (χ3n) is 4.91. The molecule has 0 spiro atoms. The molecule has 0 bridgehead atoms. The predicted octanol–water partition coefficient (Wildman–Crippen LogP) is 5.55. The first-order chi connectivity index (χ1) is 15.1. The van der Waals surface area contributed by atoms with E-state index in [0.29, 0.717) is 35.3 Å². The molecule has 0 radical (unpaired) electrons. The molecular weight excluding hydrogens is 410 g/mol. The molecule has 2 aromatic carbocycles. The van der Waals surface area contributed by atoms with Gasteiger partial charge in [0.15, 0.2) is 5.82 Å². The van der Waals surface area contributed by atoms with Gasteiger partial charge in [-0.3, -0.25) is 4.79 Å². The van der Waals surface area contributed by atoms with Gasteiger partial charge in [0, 0.05) is 30.1 Å². The molecule has 0 unspecified atom stereocenters. The number of methoxy groups -OCH3 is 1. The van der Waals surface area contributed by atoms with Crippen LogP contribution in [0, 0.1) is 6.92 Å². The molecule has 0 aliphatic carbocycles. The van der Waals surface area contributed by atoms with Gasteiger partial charge in [0.2, 0.25) is 0 Å². The molecule has 1 heterocycles. The monoisotopic (exact) mass is 439 g/mol. The molecule has 0 aliphatic rings. The van der Waals surface area contributed by atoms with Crippen molar-refractivity contribution in [1.82, 2.24) is 14.7 Å². The van der Waals surface area contributed by atoms with Crippen LogP contribution in [-0.4, -0.2) is 28.9 Å². The van der Waals surface area contributed by atoms with E-state index in [2.05, 4.69) is 21.6 Å². The molecule has 164 valence electrons. The lowest BCUT2D eigenvalue weighted by molar-refractivity contribution is 0.0952. The average Bonchev–Trinajstić information content (AvgIpc) is 3.21. The van der Waals surface area contributed by atoms with E-state index >= 15 is 0 Å². The van der Waals surface area contributed by atoms with Crippen molar-refractivity contribution in [1.29, 1.82) is 0 Å². The summed E-state index contributed by atoms with van der Waals surface area (Å²) in [6.45, 7) is 4.80. The van der Waals surface area contributed by atoms with Gasteiger partial charge in [-0.25, -0.2) is 0 Å². The molecule has 6 nitrogen and oxygen atoms in total. The van der Waals surface area contributed by atoms with Crippen molar-refractivity contribution in [2.75, 3.05) is 13.7 Å². The standard InChI is InChI=1S/C24H29N3O3S/c1-4-5-6-7-13-25-23(28)19-12-11-17(2)21(16-19)30-24-26-22(27-31-24)15-18-9-8-10-20(14-18)29-3/h8-12,14,16H,4-7,13,15H2,1-3H3,(H,25,28). The van der Waals surface area contributed by atoms with Crippen molar-refractivity contribution >= 4 is 17.4 Å². The van der Waals surface area contributed by atoms with Crippen LogP contribution in [0.15, 0.2) is 42.5 Å². The zero-order chi connectivity index (χ0) is 22.1. The summed E-state index contributed by atoms with van der Waals surface area (Å²) in [5.74, 6) is 2.02. The van der Waals surface area contributed by atoms with Gasteiger partial charge in [0.05, 0.1) is 7.11 Å². The van der Waals surface area contributed by atoms with Gasteiger partial charge in [-0.1, -0.05) is 44.4 Å². The zero-order valence-corrected chi connectivity index (χ0v) is 19.1. The highest BCUT2D eigenvalue weighted by molar-refractivity contribution is 7.07. The number of carbonyl (C=O) groups excluding carboxylic acids is 1. The van der Waals surface area contributed by atoms with Crippen molar-refractivity contribution in [2.24, 2.45) is 0 Å². The second-order valence-electron chi connectivity index (χ2n) is 7.40. The van der Waals surface area contributed by atoms with Crippen LogP contribution in [0.25, 0.3) is 0 Å². The molecule has 1 amide bonds. The molecule has 0 saturated carbocycles. The number of benzene rings is 2. The van der Waals surface area contributed by atoms with Crippen molar-refractivity contribution in [2.45, 2.75) is 46.0 Å². The number of nitrogens with zero attached hydrogens (tertiary/aromatic N) is 2. The number of hydrogen-bond donors (Lipinski definition) is 1. The van der Waals surface area contributed by atoms with Crippen LogP contribution >= 0.6 is 11.5 Å².